The van der Waals surface area contributed by atoms with Gasteiger partial charge in [-0.1, -0.05) is 60.7 Å². The molecule has 0 spiro atoms. The first-order chi connectivity index (χ1) is 12.9. The number of benzene rings is 3. The van der Waals surface area contributed by atoms with Crippen LogP contribution in [0, 0.1) is 0 Å². The fraction of sp³-hybridized carbons (Fsp3) is 0.167. The van der Waals surface area contributed by atoms with Crippen molar-refractivity contribution in [1.82, 2.24) is 0 Å². The van der Waals surface area contributed by atoms with E-state index in [9.17, 15) is 0 Å². The molecule has 0 fully saturated rings. The summed E-state index contributed by atoms with van der Waals surface area (Å²) in [5, 5.41) is 0. The first kappa shape index (κ1) is 16.5. The number of hydrogen-bond acceptors (Lipinski definition) is 2. The molecule has 0 saturated carbocycles. The Balaban J connectivity index is 1.53. The summed E-state index contributed by atoms with van der Waals surface area (Å²) in [4.78, 5) is 0. The minimum atomic E-state index is 0.541. The predicted molar refractivity (Wildman–Crippen MR) is 106 cm³/mol. The Bertz CT molecular complexity index is 923. The Hall–Kier alpha value is -3.00. The third-order valence-electron chi connectivity index (χ3n) is 4.72. The second kappa shape index (κ2) is 7.49. The molecule has 0 N–H and O–H groups in total. The molecular formula is C24H22O2. The number of ether oxygens (including phenoxy) is 2. The van der Waals surface area contributed by atoms with Crippen molar-refractivity contribution in [3.05, 3.63) is 90.2 Å². The second-order valence-electron chi connectivity index (χ2n) is 6.38. The summed E-state index contributed by atoms with van der Waals surface area (Å²) in [5.74, 6) is 0.869. The molecule has 130 valence electrons. The highest BCUT2D eigenvalue weighted by atomic mass is 16.5. The lowest BCUT2D eigenvalue weighted by molar-refractivity contribution is 0.179. The Labute approximate surface area is 154 Å². The van der Waals surface area contributed by atoms with Crippen LogP contribution in [0.15, 0.2) is 79.1 Å². The summed E-state index contributed by atoms with van der Waals surface area (Å²) < 4.78 is 11.0. The van der Waals surface area contributed by atoms with Crippen molar-refractivity contribution in [2.75, 3.05) is 13.2 Å². The molecule has 1 aliphatic rings. The van der Waals surface area contributed by atoms with Crippen LogP contribution in [0.25, 0.3) is 22.3 Å². The van der Waals surface area contributed by atoms with E-state index in [0.29, 0.717) is 13.2 Å². The van der Waals surface area contributed by atoms with Crippen LogP contribution in [-0.4, -0.2) is 13.2 Å². The van der Waals surface area contributed by atoms with Crippen LogP contribution in [-0.2, 0) is 11.2 Å². The molecule has 0 saturated heterocycles. The third kappa shape index (κ3) is 3.23. The number of rotatable bonds is 6. The van der Waals surface area contributed by atoms with Crippen molar-refractivity contribution in [2.24, 2.45) is 0 Å². The van der Waals surface area contributed by atoms with Crippen LogP contribution in [0.3, 0.4) is 0 Å². The fourth-order valence-corrected chi connectivity index (χ4v) is 3.53. The highest BCUT2D eigenvalue weighted by Gasteiger charge is 2.20. The largest absolute Gasteiger partial charge is 0.498 e. The first-order valence-electron chi connectivity index (χ1n) is 9.03. The van der Waals surface area contributed by atoms with Gasteiger partial charge in [-0.25, -0.2) is 0 Å². The molecule has 0 aliphatic heterocycles. The maximum absolute atomic E-state index is 5.73. The molecule has 0 unspecified atom stereocenters. The predicted octanol–water partition coefficient (Wildman–Crippen LogP) is 5.85. The average Bonchev–Trinajstić information content (AvgIpc) is 3.07. The summed E-state index contributed by atoms with van der Waals surface area (Å²) >= 11 is 0. The fourth-order valence-electron chi connectivity index (χ4n) is 3.53. The zero-order valence-electron chi connectivity index (χ0n) is 14.9. The summed E-state index contributed by atoms with van der Waals surface area (Å²) in [6.07, 6.45) is 4.55. The first-order valence-corrected chi connectivity index (χ1v) is 9.03. The summed E-state index contributed by atoms with van der Waals surface area (Å²) in [6, 6.07) is 23.6. The molecular weight excluding hydrogens is 320 g/mol. The van der Waals surface area contributed by atoms with Gasteiger partial charge in [-0.2, -0.15) is 0 Å². The number of fused-ring (bicyclic) bond motifs is 3. The molecule has 0 aromatic heterocycles. The van der Waals surface area contributed by atoms with E-state index in [2.05, 4.69) is 54.6 Å². The van der Waals surface area contributed by atoms with E-state index in [1.165, 1.54) is 33.4 Å². The van der Waals surface area contributed by atoms with Crippen LogP contribution < -0.4 is 4.74 Å². The van der Waals surface area contributed by atoms with Gasteiger partial charge in [-0.15, -0.1) is 0 Å². The summed E-state index contributed by atoms with van der Waals surface area (Å²) in [6.45, 7) is 3.02. The molecule has 3 aromatic carbocycles. The van der Waals surface area contributed by atoms with Crippen LogP contribution >= 0.6 is 0 Å². The van der Waals surface area contributed by atoms with Crippen molar-refractivity contribution in [3.63, 3.8) is 0 Å². The Morgan fingerprint density at radius 3 is 2.42 bits per heavy atom. The van der Waals surface area contributed by atoms with Gasteiger partial charge in [0.15, 0.2) is 0 Å². The standard InChI is InChI=1S/C24H22O2/c1-2-14-25-15-16-26-20-12-10-18(11-13-20)21-8-5-9-23-22-7-4-3-6-19(22)17-24(21)23/h2-14H,15-17H2,1H3. The lowest BCUT2D eigenvalue weighted by Gasteiger charge is -2.10. The van der Waals surface area contributed by atoms with Gasteiger partial charge in [0.1, 0.15) is 19.0 Å². The lowest BCUT2D eigenvalue weighted by Crippen LogP contribution is -2.03. The van der Waals surface area contributed by atoms with Crippen molar-refractivity contribution >= 4 is 0 Å². The molecule has 3 aromatic rings. The zero-order valence-corrected chi connectivity index (χ0v) is 14.9. The van der Waals surface area contributed by atoms with Gasteiger partial charge in [-0.3, -0.25) is 0 Å². The molecule has 0 heterocycles. The molecule has 0 amide bonds. The van der Waals surface area contributed by atoms with Crippen molar-refractivity contribution in [3.8, 4) is 28.0 Å². The zero-order chi connectivity index (χ0) is 17.8. The van der Waals surface area contributed by atoms with E-state index in [0.717, 1.165) is 12.2 Å². The van der Waals surface area contributed by atoms with Gasteiger partial charge in [0.2, 0.25) is 0 Å². The highest BCUT2D eigenvalue weighted by Crippen LogP contribution is 2.41. The molecule has 4 rings (SSSR count). The Morgan fingerprint density at radius 1 is 0.808 bits per heavy atom. The Kier molecular flexibility index (Phi) is 4.74. The topological polar surface area (TPSA) is 18.5 Å². The van der Waals surface area contributed by atoms with Gasteiger partial charge >= 0.3 is 0 Å². The lowest BCUT2D eigenvalue weighted by atomic mass is 9.96. The molecule has 2 nitrogen and oxygen atoms in total. The van der Waals surface area contributed by atoms with E-state index in [1.807, 2.05) is 25.1 Å². The van der Waals surface area contributed by atoms with Crippen molar-refractivity contribution < 1.29 is 9.47 Å². The number of hydrogen-bond donors (Lipinski definition) is 0. The minimum Gasteiger partial charge on any atom is -0.498 e. The molecule has 0 atom stereocenters. The molecule has 26 heavy (non-hydrogen) atoms. The van der Waals surface area contributed by atoms with Gasteiger partial charge < -0.3 is 9.47 Å². The van der Waals surface area contributed by atoms with Crippen LogP contribution in [0.2, 0.25) is 0 Å². The summed E-state index contributed by atoms with van der Waals surface area (Å²) in [5.41, 5.74) is 8.09. The highest BCUT2D eigenvalue weighted by molar-refractivity contribution is 5.84. The maximum atomic E-state index is 5.73. The second-order valence-corrected chi connectivity index (χ2v) is 6.38. The van der Waals surface area contributed by atoms with Gasteiger partial charge in [0, 0.05) is 0 Å². The van der Waals surface area contributed by atoms with Crippen LogP contribution in [0.4, 0.5) is 0 Å². The van der Waals surface area contributed by atoms with Crippen molar-refractivity contribution in [1.29, 1.82) is 0 Å². The SMILES string of the molecule is CC=COCCOc1ccc(-c2cccc3c2Cc2ccccc2-3)cc1. The van der Waals surface area contributed by atoms with Crippen molar-refractivity contribution in [2.45, 2.75) is 13.3 Å². The third-order valence-corrected chi connectivity index (χ3v) is 4.72. The molecule has 0 bridgehead atoms. The Morgan fingerprint density at radius 2 is 1.58 bits per heavy atom. The summed E-state index contributed by atoms with van der Waals surface area (Å²) in [7, 11) is 0. The van der Waals surface area contributed by atoms with E-state index in [4.69, 9.17) is 9.47 Å². The molecule has 1 aliphatic carbocycles. The quantitative estimate of drug-likeness (QED) is 0.323. The van der Waals surface area contributed by atoms with E-state index >= 15 is 0 Å². The normalized spacial score (nSPS) is 12.0. The van der Waals surface area contributed by atoms with Crippen LogP contribution in [0.1, 0.15) is 18.1 Å². The van der Waals surface area contributed by atoms with Gasteiger partial charge in [0.05, 0.1) is 6.26 Å². The van der Waals surface area contributed by atoms with Gasteiger partial charge in [0.25, 0.3) is 0 Å². The molecule has 0 radical (unpaired) electrons. The van der Waals surface area contributed by atoms with Crippen LogP contribution in [0.5, 0.6) is 5.75 Å². The maximum Gasteiger partial charge on any atom is 0.122 e. The monoisotopic (exact) mass is 342 g/mol. The van der Waals surface area contributed by atoms with E-state index in [1.54, 1.807) is 6.26 Å². The molecule has 2 heteroatoms. The minimum absolute atomic E-state index is 0.541. The smallest absolute Gasteiger partial charge is 0.122 e. The number of allylic oxidation sites excluding steroid dienone is 1. The van der Waals surface area contributed by atoms with E-state index < -0.39 is 0 Å². The average molecular weight is 342 g/mol. The van der Waals surface area contributed by atoms with Gasteiger partial charge in [-0.05, 0) is 58.9 Å². The van der Waals surface area contributed by atoms with E-state index in [-0.39, 0.29) is 0 Å².